The van der Waals surface area contributed by atoms with Gasteiger partial charge in [0.1, 0.15) is 5.82 Å². The van der Waals surface area contributed by atoms with Gasteiger partial charge in [0.2, 0.25) is 5.95 Å². The molecule has 0 saturated carbocycles. The Morgan fingerprint density at radius 2 is 1.83 bits per heavy atom. The van der Waals surface area contributed by atoms with Crippen molar-refractivity contribution < 1.29 is 0 Å². The summed E-state index contributed by atoms with van der Waals surface area (Å²) >= 11 is 0. The van der Waals surface area contributed by atoms with Gasteiger partial charge in [-0.2, -0.15) is 4.98 Å². The SMILES string of the molecule is CCN(Cc1ccccc1)c1ccnc(Nc2cccc(C)c2)n1. The predicted octanol–water partition coefficient (Wildman–Crippen LogP) is 4.56. The van der Waals surface area contributed by atoms with E-state index < -0.39 is 0 Å². The van der Waals surface area contributed by atoms with Gasteiger partial charge in [0.15, 0.2) is 0 Å². The van der Waals surface area contributed by atoms with E-state index in [9.17, 15) is 0 Å². The lowest BCUT2D eigenvalue weighted by atomic mass is 10.2. The molecule has 4 nitrogen and oxygen atoms in total. The summed E-state index contributed by atoms with van der Waals surface area (Å²) in [4.78, 5) is 11.2. The van der Waals surface area contributed by atoms with Gasteiger partial charge in [0.05, 0.1) is 0 Å². The van der Waals surface area contributed by atoms with Crippen molar-refractivity contribution in [2.45, 2.75) is 20.4 Å². The first-order valence-electron chi connectivity index (χ1n) is 8.20. The lowest BCUT2D eigenvalue weighted by molar-refractivity contribution is 0.811. The normalized spacial score (nSPS) is 10.4. The van der Waals surface area contributed by atoms with Crippen LogP contribution in [0.1, 0.15) is 18.1 Å². The quantitative estimate of drug-likeness (QED) is 0.723. The highest BCUT2D eigenvalue weighted by Gasteiger charge is 2.08. The highest BCUT2D eigenvalue weighted by Crippen LogP contribution is 2.18. The Morgan fingerprint density at radius 3 is 2.58 bits per heavy atom. The van der Waals surface area contributed by atoms with E-state index in [1.807, 2.05) is 24.3 Å². The Hall–Kier alpha value is -2.88. The van der Waals surface area contributed by atoms with E-state index >= 15 is 0 Å². The highest BCUT2D eigenvalue weighted by molar-refractivity contribution is 5.56. The topological polar surface area (TPSA) is 41.1 Å². The van der Waals surface area contributed by atoms with Crippen LogP contribution >= 0.6 is 0 Å². The number of rotatable bonds is 6. The first-order chi connectivity index (χ1) is 11.7. The largest absolute Gasteiger partial charge is 0.352 e. The fraction of sp³-hybridized carbons (Fsp3) is 0.200. The second-order valence-electron chi connectivity index (χ2n) is 5.73. The molecule has 24 heavy (non-hydrogen) atoms. The van der Waals surface area contributed by atoms with Crippen LogP contribution in [0.4, 0.5) is 17.5 Å². The average molecular weight is 318 g/mol. The number of hydrogen-bond acceptors (Lipinski definition) is 4. The van der Waals surface area contributed by atoms with Crippen molar-refractivity contribution in [3.63, 3.8) is 0 Å². The van der Waals surface area contributed by atoms with Gasteiger partial charge >= 0.3 is 0 Å². The van der Waals surface area contributed by atoms with Crippen LogP contribution in [0.2, 0.25) is 0 Å². The maximum Gasteiger partial charge on any atom is 0.229 e. The van der Waals surface area contributed by atoms with Gasteiger partial charge in [-0.25, -0.2) is 4.98 Å². The summed E-state index contributed by atoms with van der Waals surface area (Å²) < 4.78 is 0. The number of nitrogens with zero attached hydrogens (tertiary/aromatic N) is 3. The maximum atomic E-state index is 4.67. The minimum absolute atomic E-state index is 0.615. The predicted molar refractivity (Wildman–Crippen MR) is 99.7 cm³/mol. The number of aryl methyl sites for hydroxylation is 1. The Morgan fingerprint density at radius 1 is 1.00 bits per heavy atom. The van der Waals surface area contributed by atoms with Crippen LogP contribution in [0.3, 0.4) is 0 Å². The molecule has 0 aliphatic rings. The molecular formula is C20H22N4. The van der Waals surface area contributed by atoms with E-state index in [-0.39, 0.29) is 0 Å². The molecule has 0 aliphatic carbocycles. The summed E-state index contributed by atoms with van der Waals surface area (Å²) in [7, 11) is 0. The molecule has 0 unspecified atom stereocenters. The zero-order chi connectivity index (χ0) is 16.8. The van der Waals surface area contributed by atoms with Crippen molar-refractivity contribution >= 4 is 17.5 Å². The highest BCUT2D eigenvalue weighted by atomic mass is 15.2. The van der Waals surface area contributed by atoms with Gasteiger partial charge in [0, 0.05) is 25.0 Å². The van der Waals surface area contributed by atoms with Crippen molar-refractivity contribution in [1.29, 1.82) is 0 Å². The van der Waals surface area contributed by atoms with Crippen LogP contribution in [-0.2, 0) is 6.54 Å². The van der Waals surface area contributed by atoms with Crippen LogP contribution < -0.4 is 10.2 Å². The van der Waals surface area contributed by atoms with Crippen LogP contribution in [0.5, 0.6) is 0 Å². The van der Waals surface area contributed by atoms with E-state index in [1.165, 1.54) is 11.1 Å². The van der Waals surface area contributed by atoms with Crippen molar-refractivity contribution in [2.75, 3.05) is 16.8 Å². The second kappa shape index (κ2) is 7.59. The standard InChI is InChI=1S/C20H22N4/c1-3-24(15-17-9-5-4-6-10-17)19-12-13-21-20(23-19)22-18-11-7-8-16(2)14-18/h4-14H,3,15H2,1-2H3,(H,21,22,23). The van der Waals surface area contributed by atoms with E-state index in [0.717, 1.165) is 24.6 Å². The third-order valence-electron chi connectivity index (χ3n) is 3.84. The Kier molecular flexibility index (Phi) is 5.06. The van der Waals surface area contributed by atoms with Gasteiger partial charge in [-0.3, -0.25) is 0 Å². The van der Waals surface area contributed by atoms with Gasteiger partial charge < -0.3 is 10.2 Å². The Bertz CT molecular complexity index is 786. The number of benzene rings is 2. The molecular weight excluding hydrogens is 296 g/mol. The number of anilines is 3. The average Bonchev–Trinajstić information content (AvgIpc) is 2.61. The molecule has 1 N–H and O–H groups in total. The lowest BCUT2D eigenvalue weighted by Crippen LogP contribution is -2.23. The summed E-state index contributed by atoms with van der Waals surface area (Å²) in [5, 5.41) is 3.28. The van der Waals surface area contributed by atoms with Gasteiger partial charge in [0.25, 0.3) is 0 Å². The van der Waals surface area contributed by atoms with E-state index in [1.54, 1.807) is 6.20 Å². The van der Waals surface area contributed by atoms with E-state index in [4.69, 9.17) is 0 Å². The van der Waals surface area contributed by atoms with Gasteiger partial charge in [-0.1, -0.05) is 42.5 Å². The van der Waals surface area contributed by atoms with Crippen LogP contribution in [-0.4, -0.2) is 16.5 Å². The maximum absolute atomic E-state index is 4.67. The molecule has 4 heteroatoms. The van der Waals surface area contributed by atoms with Crippen LogP contribution in [0.25, 0.3) is 0 Å². The zero-order valence-corrected chi connectivity index (χ0v) is 14.1. The number of hydrogen-bond donors (Lipinski definition) is 1. The number of nitrogens with one attached hydrogen (secondary N) is 1. The summed E-state index contributed by atoms with van der Waals surface area (Å²) in [6.45, 7) is 5.92. The van der Waals surface area contributed by atoms with Crippen LogP contribution in [0.15, 0.2) is 66.9 Å². The molecule has 0 atom stereocenters. The minimum Gasteiger partial charge on any atom is -0.352 e. The van der Waals surface area contributed by atoms with Crippen LogP contribution in [0, 0.1) is 6.92 Å². The summed E-state index contributed by atoms with van der Waals surface area (Å²) in [6, 6.07) is 20.6. The molecule has 0 amide bonds. The van der Waals surface area contributed by atoms with Crippen molar-refractivity contribution in [1.82, 2.24) is 9.97 Å². The molecule has 1 aromatic heterocycles. The molecule has 3 aromatic rings. The van der Waals surface area contributed by atoms with Crippen molar-refractivity contribution in [3.05, 3.63) is 78.0 Å². The molecule has 2 aromatic carbocycles. The third-order valence-corrected chi connectivity index (χ3v) is 3.84. The molecule has 1 heterocycles. The minimum atomic E-state index is 0.615. The molecule has 3 rings (SSSR count). The van der Waals surface area contributed by atoms with Gasteiger partial charge in [-0.15, -0.1) is 0 Å². The molecule has 0 fully saturated rings. The van der Waals surface area contributed by atoms with Gasteiger partial charge in [-0.05, 0) is 43.2 Å². The molecule has 0 aliphatic heterocycles. The van der Waals surface area contributed by atoms with E-state index in [0.29, 0.717) is 5.95 Å². The van der Waals surface area contributed by atoms with Crippen molar-refractivity contribution in [2.24, 2.45) is 0 Å². The summed E-state index contributed by atoms with van der Waals surface area (Å²) in [5.74, 6) is 1.54. The Balaban J connectivity index is 1.78. The van der Waals surface area contributed by atoms with E-state index in [2.05, 4.69) is 70.4 Å². The number of aromatic nitrogens is 2. The molecule has 0 bridgehead atoms. The summed E-state index contributed by atoms with van der Waals surface area (Å²) in [6.07, 6.45) is 1.80. The molecule has 122 valence electrons. The summed E-state index contributed by atoms with van der Waals surface area (Å²) in [5.41, 5.74) is 3.47. The lowest BCUT2D eigenvalue weighted by Gasteiger charge is -2.22. The zero-order valence-electron chi connectivity index (χ0n) is 14.1. The fourth-order valence-corrected chi connectivity index (χ4v) is 2.60. The smallest absolute Gasteiger partial charge is 0.229 e. The first-order valence-corrected chi connectivity index (χ1v) is 8.20. The Labute approximate surface area is 143 Å². The molecule has 0 radical (unpaired) electrons. The monoisotopic (exact) mass is 318 g/mol. The first kappa shape index (κ1) is 16.0. The molecule has 0 saturated heterocycles. The van der Waals surface area contributed by atoms with Crippen molar-refractivity contribution in [3.8, 4) is 0 Å². The fourth-order valence-electron chi connectivity index (χ4n) is 2.60. The molecule has 0 spiro atoms. The third kappa shape index (κ3) is 4.10. The second-order valence-corrected chi connectivity index (χ2v) is 5.73.